The molecule has 1 aromatic heterocycles. The summed E-state index contributed by atoms with van der Waals surface area (Å²) in [6.45, 7) is -0.162. The van der Waals surface area contributed by atoms with E-state index in [9.17, 15) is 9.59 Å². The molecule has 0 spiro atoms. The Morgan fingerprint density at radius 3 is 2.56 bits per heavy atom. The van der Waals surface area contributed by atoms with Crippen LogP contribution in [0.15, 0.2) is 57.4 Å². The monoisotopic (exact) mass is 402 g/mol. The first-order valence-corrected chi connectivity index (χ1v) is 8.35. The summed E-state index contributed by atoms with van der Waals surface area (Å²) in [5.74, 6) is -0.933. The lowest BCUT2D eigenvalue weighted by molar-refractivity contribution is 0.0441. The van der Waals surface area contributed by atoms with Gasteiger partial charge in [-0.05, 0) is 12.1 Å². The molecular formula is C19H15BrO5. The van der Waals surface area contributed by atoms with E-state index in [1.165, 1.54) is 7.11 Å². The van der Waals surface area contributed by atoms with Crippen LogP contribution in [0.4, 0.5) is 0 Å². The van der Waals surface area contributed by atoms with Crippen molar-refractivity contribution < 1.29 is 23.5 Å². The van der Waals surface area contributed by atoms with E-state index in [0.29, 0.717) is 21.2 Å². The summed E-state index contributed by atoms with van der Waals surface area (Å²) in [7, 11) is 1.54. The molecule has 0 saturated heterocycles. The zero-order valence-corrected chi connectivity index (χ0v) is 15.0. The number of rotatable bonds is 6. The number of ketones is 1. The lowest BCUT2D eigenvalue weighted by atomic mass is 10.1. The van der Waals surface area contributed by atoms with E-state index in [1.54, 1.807) is 30.3 Å². The van der Waals surface area contributed by atoms with Crippen LogP contribution < -0.4 is 0 Å². The van der Waals surface area contributed by atoms with Gasteiger partial charge in [0.25, 0.3) is 0 Å². The Kier molecular flexibility index (Phi) is 5.31. The van der Waals surface area contributed by atoms with Crippen LogP contribution in [-0.4, -0.2) is 25.5 Å². The molecule has 0 radical (unpaired) electrons. The largest absolute Gasteiger partial charge is 0.451 e. The molecule has 0 aliphatic rings. The molecule has 3 rings (SSSR count). The lowest BCUT2D eigenvalue weighted by Gasteiger charge is -2.05. The smallest absolute Gasteiger partial charge is 0.375 e. The molecule has 0 atom stereocenters. The minimum absolute atomic E-state index is 0.0583. The predicted octanol–water partition coefficient (Wildman–Crippen LogP) is 4.38. The Balaban J connectivity index is 1.79. The van der Waals surface area contributed by atoms with Crippen LogP contribution in [-0.2, 0) is 16.1 Å². The SMILES string of the molecule is COCc1c(C(=O)OCC(=O)c2ccccc2Br)oc2ccccc12. The molecule has 0 unspecified atom stereocenters. The van der Waals surface area contributed by atoms with Crippen LogP contribution >= 0.6 is 15.9 Å². The maximum atomic E-state index is 12.4. The summed E-state index contributed by atoms with van der Waals surface area (Å²) in [6.07, 6.45) is 0. The van der Waals surface area contributed by atoms with E-state index in [-0.39, 0.29) is 24.8 Å². The van der Waals surface area contributed by atoms with Gasteiger partial charge in [-0.15, -0.1) is 0 Å². The Bertz CT molecular complexity index is 928. The number of fused-ring (bicyclic) bond motifs is 1. The molecule has 0 bridgehead atoms. The van der Waals surface area contributed by atoms with Crippen molar-refractivity contribution in [2.24, 2.45) is 0 Å². The van der Waals surface area contributed by atoms with E-state index in [0.717, 1.165) is 5.39 Å². The van der Waals surface area contributed by atoms with Crippen molar-refractivity contribution in [3.63, 3.8) is 0 Å². The van der Waals surface area contributed by atoms with Crippen molar-refractivity contribution >= 4 is 38.7 Å². The van der Waals surface area contributed by atoms with Gasteiger partial charge < -0.3 is 13.9 Å². The number of methoxy groups -OCH3 is 1. The number of esters is 1. The minimum Gasteiger partial charge on any atom is -0.451 e. The maximum absolute atomic E-state index is 12.4. The Morgan fingerprint density at radius 2 is 1.80 bits per heavy atom. The van der Waals surface area contributed by atoms with Crippen LogP contribution in [0.3, 0.4) is 0 Å². The van der Waals surface area contributed by atoms with Crippen molar-refractivity contribution in [3.05, 3.63) is 69.9 Å². The van der Waals surface area contributed by atoms with Crippen molar-refractivity contribution in [1.29, 1.82) is 0 Å². The van der Waals surface area contributed by atoms with Crippen LogP contribution in [0.5, 0.6) is 0 Å². The summed E-state index contributed by atoms with van der Waals surface area (Å²) >= 11 is 3.31. The second-order valence-electron chi connectivity index (χ2n) is 5.32. The topological polar surface area (TPSA) is 65.7 Å². The fourth-order valence-electron chi connectivity index (χ4n) is 2.51. The summed E-state index contributed by atoms with van der Waals surface area (Å²) in [6, 6.07) is 14.2. The van der Waals surface area contributed by atoms with Crippen molar-refractivity contribution in [3.8, 4) is 0 Å². The molecule has 0 amide bonds. The maximum Gasteiger partial charge on any atom is 0.375 e. The zero-order valence-electron chi connectivity index (χ0n) is 13.5. The second kappa shape index (κ2) is 7.63. The van der Waals surface area contributed by atoms with Crippen molar-refractivity contribution in [1.82, 2.24) is 0 Å². The van der Waals surface area contributed by atoms with Gasteiger partial charge in [-0.1, -0.05) is 52.3 Å². The van der Waals surface area contributed by atoms with Crippen LogP contribution in [0.2, 0.25) is 0 Å². The number of ether oxygens (including phenoxy) is 2. The summed E-state index contributed by atoms with van der Waals surface area (Å²) in [5, 5.41) is 0.786. The summed E-state index contributed by atoms with van der Waals surface area (Å²) in [5.41, 5.74) is 1.63. The van der Waals surface area contributed by atoms with Gasteiger partial charge in [-0.25, -0.2) is 4.79 Å². The van der Waals surface area contributed by atoms with Gasteiger partial charge in [0, 0.05) is 28.1 Å². The summed E-state index contributed by atoms with van der Waals surface area (Å²) < 4.78 is 16.6. The number of furan rings is 1. The van der Waals surface area contributed by atoms with Crippen LogP contribution in [0, 0.1) is 0 Å². The van der Waals surface area contributed by atoms with E-state index >= 15 is 0 Å². The Hall–Kier alpha value is -2.44. The van der Waals surface area contributed by atoms with Crippen molar-refractivity contribution in [2.45, 2.75) is 6.61 Å². The standard InChI is InChI=1S/C19H15BrO5/c1-23-10-14-12-6-3-5-9-17(12)25-18(14)19(22)24-11-16(21)13-7-2-4-8-15(13)20/h2-9H,10-11H2,1H3. The number of halogens is 1. The van der Waals surface area contributed by atoms with Gasteiger partial charge in [-0.2, -0.15) is 0 Å². The average molecular weight is 403 g/mol. The van der Waals surface area contributed by atoms with Gasteiger partial charge in [0.1, 0.15) is 5.58 Å². The first-order chi connectivity index (χ1) is 12.1. The highest BCUT2D eigenvalue weighted by Crippen LogP contribution is 2.27. The first kappa shape index (κ1) is 17.4. The average Bonchev–Trinajstić information content (AvgIpc) is 2.99. The van der Waals surface area contributed by atoms with Gasteiger partial charge in [-0.3, -0.25) is 4.79 Å². The number of benzene rings is 2. The fourth-order valence-corrected chi connectivity index (χ4v) is 3.02. The van der Waals surface area contributed by atoms with Gasteiger partial charge in [0.05, 0.1) is 6.61 Å². The molecule has 0 saturated carbocycles. The van der Waals surface area contributed by atoms with E-state index in [1.807, 2.05) is 18.2 Å². The Morgan fingerprint density at radius 1 is 1.08 bits per heavy atom. The number of para-hydroxylation sites is 1. The third-order valence-corrected chi connectivity index (χ3v) is 4.37. The lowest BCUT2D eigenvalue weighted by Crippen LogP contribution is -2.15. The number of hydrogen-bond donors (Lipinski definition) is 0. The van der Waals surface area contributed by atoms with Gasteiger partial charge in [0.2, 0.25) is 11.5 Å². The summed E-state index contributed by atoms with van der Waals surface area (Å²) in [4.78, 5) is 24.6. The fraction of sp³-hybridized carbons (Fsp3) is 0.158. The molecule has 2 aromatic carbocycles. The second-order valence-corrected chi connectivity index (χ2v) is 6.17. The number of carbonyl (C=O) groups is 2. The predicted molar refractivity (Wildman–Crippen MR) is 95.7 cm³/mol. The van der Waals surface area contributed by atoms with E-state index in [2.05, 4.69) is 15.9 Å². The third-order valence-electron chi connectivity index (χ3n) is 3.68. The molecule has 25 heavy (non-hydrogen) atoms. The molecule has 0 aliphatic carbocycles. The number of carbonyl (C=O) groups excluding carboxylic acids is 2. The molecule has 0 aliphatic heterocycles. The van der Waals surface area contributed by atoms with Gasteiger partial charge >= 0.3 is 5.97 Å². The quantitative estimate of drug-likeness (QED) is 0.452. The van der Waals surface area contributed by atoms with Gasteiger partial charge in [0.15, 0.2) is 6.61 Å². The molecular weight excluding hydrogens is 388 g/mol. The van der Waals surface area contributed by atoms with Crippen molar-refractivity contribution in [2.75, 3.05) is 13.7 Å². The van der Waals surface area contributed by atoms with Crippen LogP contribution in [0.25, 0.3) is 11.0 Å². The molecule has 6 heteroatoms. The molecule has 3 aromatic rings. The highest BCUT2D eigenvalue weighted by atomic mass is 79.9. The number of Topliss-reactive ketones (excluding diaryl/α,β-unsaturated/α-hetero) is 1. The third kappa shape index (κ3) is 3.65. The highest BCUT2D eigenvalue weighted by molar-refractivity contribution is 9.10. The molecule has 0 N–H and O–H groups in total. The number of hydrogen-bond acceptors (Lipinski definition) is 5. The van der Waals surface area contributed by atoms with E-state index in [4.69, 9.17) is 13.9 Å². The van der Waals surface area contributed by atoms with Crippen LogP contribution in [0.1, 0.15) is 26.5 Å². The Labute approximate surface area is 152 Å². The minimum atomic E-state index is -0.691. The highest BCUT2D eigenvalue weighted by Gasteiger charge is 2.23. The molecule has 1 heterocycles. The molecule has 5 nitrogen and oxygen atoms in total. The molecule has 0 fully saturated rings. The first-order valence-electron chi connectivity index (χ1n) is 7.56. The normalized spacial score (nSPS) is 10.8. The zero-order chi connectivity index (χ0) is 17.8. The van der Waals surface area contributed by atoms with E-state index < -0.39 is 5.97 Å². The molecule has 128 valence electrons.